The summed E-state index contributed by atoms with van der Waals surface area (Å²) in [5, 5.41) is 0. The van der Waals surface area contributed by atoms with Gasteiger partial charge in [0.2, 0.25) is 0 Å². The van der Waals surface area contributed by atoms with E-state index in [-0.39, 0.29) is 32.2 Å². The van der Waals surface area contributed by atoms with Crippen molar-refractivity contribution >= 4 is 19.8 Å². The van der Waals surface area contributed by atoms with Gasteiger partial charge in [0.25, 0.3) is 0 Å². The molecule has 0 aliphatic rings. The smallest absolute Gasteiger partial charge is 0.462 e. The molecule has 1 N–H and O–H groups in total. The fourth-order valence-electron chi connectivity index (χ4n) is 7.12. The number of carbonyl (C=O) groups excluding carboxylic acids is 2. The molecule has 0 bridgehead atoms. The molecule has 322 valence electrons. The van der Waals surface area contributed by atoms with Gasteiger partial charge in [0.15, 0.2) is 6.10 Å². The highest BCUT2D eigenvalue weighted by Crippen LogP contribution is 2.43. The Kier molecular flexibility index (Phi) is 38.2. The van der Waals surface area contributed by atoms with Crippen LogP contribution in [0.5, 0.6) is 0 Å². The van der Waals surface area contributed by atoms with Crippen LogP contribution in [0.25, 0.3) is 0 Å². The number of phosphoric acid groups is 1. The number of carbonyl (C=O) groups is 2. The number of hydrogen-bond donors (Lipinski definition) is 1. The van der Waals surface area contributed by atoms with Crippen LogP contribution in [0.15, 0.2) is 0 Å². The van der Waals surface area contributed by atoms with Crippen LogP contribution in [-0.2, 0) is 32.7 Å². The van der Waals surface area contributed by atoms with Crippen LogP contribution >= 0.6 is 7.82 Å². The maximum Gasteiger partial charge on any atom is 0.472 e. The van der Waals surface area contributed by atoms with Crippen molar-refractivity contribution in [3.8, 4) is 0 Å². The summed E-state index contributed by atoms with van der Waals surface area (Å²) in [5.41, 5.74) is 0. The lowest BCUT2D eigenvalue weighted by Gasteiger charge is -2.19. The average Bonchev–Trinajstić information content (AvgIpc) is 3.14. The molecule has 0 aliphatic heterocycles. The van der Waals surface area contributed by atoms with Gasteiger partial charge in [0.1, 0.15) is 6.61 Å². The third-order valence-corrected chi connectivity index (χ3v) is 11.8. The topological polar surface area (TPSA) is 108 Å². The average molecular weight is 789 g/mol. The predicted molar refractivity (Wildman–Crippen MR) is 226 cm³/mol. The molecule has 0 rings (SSSR count). The zero-order valence-corrected chi connectivity index (χ0v) is 37.1. The zero-order chi connectivity index (χ0) is 40.0. The molecule has 0 aromatic rings. The molecule has 3 unspecified atom stereocenters. The van der Waals surface area contributed by atoms with E-state index in [2.05, 4.69) is 27.7 Å². The SMILES string of the molecule is CCCCCCCCCC(C)CCCCCCCCC(=O)OC[C@H](COP(=O)(O)OCC)OC(=O)CCCCCCCCC(C)CCCCCCCCC. The molecule has 0 heterocycles. The second kappa shape index (κ2) is 38.9. The Balaban J connectivity index is 4.13. The number of ether oxygens (including phenoxy) is 2. The first-order valence-electron chi connectivity index (χ1n) is 23.1. The van der Waals surface area contributed by atoms with Crippen LogP contribution in [0.3, 0.4) is 0 Å². The van der Waals surface area contributed by atoms with Crippen molar-refractivity contribution in [1.29, 1.82) is 0 Å². The molecule has 0 saturated carbocycles. The number of phosphoric ester groups is 1. The van der Waals surface area contributed by atoms with Gasteiger partial charge >= 0.3 is 19.8 Å². The Bertz CT molecular complexity index is 884. The van der Waals surface area contributed by atoms with Gasteiger partial charge in [-0.1, -0.05) is 207 Å². The van der Waals surface area contributed by atoms with Crippen LogP contribution in [0.1, 0.15) is 240 Å². The third-order valence-electron chi connectivity index (χ3n) is 10.7. The molecule has 8 nitrogen and oxygen atoms in total. The fourth-order valence-corrected chi connectivity index (χ4v) is 7.88. The quantitative estimate of drug-likeness (QED) is 0.0370. The molecule has 0 aromatic heterocycles. The van der Waals surface area contributed by atoms with Crippen molar-refractivity contribution in [3.05, 3.63) is 0 Å². The van der Waals surface area contributed by atoms with Crippen LogP contribution in [0.4, 0.5) is 0 Å². The van der Waals surface area contributed by atoms with E-state index in [9.17, 15) is 19.0 Å². The first kappa shape index (κ1) is 53.0. The van der Waals surface area contributed by atoms with Crippen molar-refractivity contribution in [1.82, 2.24) is 0 Å². The molecule has 4 atom stereocenters. The zero-order valence-electron chi connectivity index (χ0n) is 36.2. The summed E-state index contributed by atoms with van der Waals surface area (Å²) in [7, 11) is -4.28. The molecule has 0 spiro atoms. The van der Waals surface area contributed by atoms with Crippen molar-refractivity contribution < 1.29 is 37.6 Å². The van der Waals surface area contributed by atoms with Gasteiger partial charge in [-0.2, -0.15) is 0 Å². The number of unbranched alkanes of at least 4 members (excludes halogenated alkanes) is 22. The van der Waals surface area contributed by atoms with Gasteiger partial charge in [0.05, 0.1) is 13.2 Å². The van der Waals surface area contributed by atoms with Gasteiger partial charge in [-0.25, -0.2) is 4.57 Å². The first-order valence-corrected chi connectivity index (χ1v) is 24.6. The van der Waals surface area contributed by atoms with Crippen molar-refractivity contribution in [2.24, 2.45) is 11.8 Å². The second-order valence-electron chi connectivity index (χ2n) is 16.3. The second-order valence-corrected chi connectivity index (χ2v) is 17.8. The van der Waals surface area contributed by atoms with Crippen LogP contribution in [-0.4, -0.2) is 42.8 Å². The van der Waals surface area contributed by atoms with Crippen LogP contribution in [0.2, 0.25) is 0 Å². The Morgan fingerprint density at radius 1 is 0.481 bits per heavy atom. The summed E-state index contributed by atoms with van der Waals surface area (Å²) >= 11 is 0. The predicted octanol–water partition coefficient (Wildman–Crippen LogP) is 14.4. The van der Waals surface area contributed by atoms with Gasteiger partial charge in [-0.3, -0.25) is 18.6 Å². The fraction of sp³-hybridized carbons (Fsp3) is 0.956. The summed E-state index contributed by atoms with van der Waals surface area (Å²) in [6.07, 6.45) is 37.1. The molecule has 0 aliphatic carbocycles. The lowest BCUT2D eigenvalue weighted by Crippen LogP contribution is -2.29. The lowest BCUT2D eigenvalue weighted by molar-refractivity contribution is -0.161. The van der Waals surface area contributed by atoms with E-state index in [4.69, 9.17) is 18.5 Å². The Labute approximate surface area is 334 Å². The first-order chi connectivity index (χ1) is 26.1. The summed E-state index contributed by atoms with van der Waals surface area (Å²) < 4.78 is 32.8. The Hall–Kier alpha value is -0.950. The van der Waals surface area contributed by atoms with E-state index in [0.29, 0.717) is 6.42 Å². The van der Waals surface area contributed by atoms with E-state index in [1.807, 2.05) is 0 Å². The van der Waals surface area contributed by atoms with Crippen LogP contribution in [0, 0.1) is 11.8 Å². The molecule has 54 heavy (non-hydrogen) atoms. The van der Waals surface area contributed by atoms with E-state index in [1.165, 1.54) is 154 Å². The maximum absolute atomic E-state index is 12.6. The highest BCUT2D eigenvalue weighted by atomic mass is 31.2. The van der Waals surface area contributed by atoms with Gasteiger partial charge in [-0.15, -0.1) is 0 Å². The monoisotopic (exact) mass is 789 g/mol. The third kappa shape index (κ3) is 37.9. The minimum absolute atomic E-state index is 0.00390. The highest BCUT2D eigenvalue weighted by molar-refractivity contribution is 7.47. The summed E-state index contributed by atoms with van der Waals surface area (Å²) in [6.45, 7) is 10.3. The molecule has 0 aromatic carbocycles. The number of hydrogen-bond acceptors (Lipinski definition) is 7. The van der Waals surface area contributed by atoms with E-state index >= 15 is 0 Å². The molecule has 0 radical (unpaired) electrons. The Morgan fingerprint density at radius 3 is 1.22 bits per heavy atom. The minimum Gasteiger partial charge on any atom is -0.462 e. The molecule has 0 saturated heterocycles. The highest BCUT2D eigenvalue weighted by Gasteiger charge is 2.25. The summed E-state index contributed by atoms with van der Waals surface area (Å²) in [5.74, 6) is 0.841. The van der Waals surface area contributed by atoms with E-state index in [1.54, 1.807) is 6.92 Å². The molecule has 9 heteroatoms. The van der Waals surface area contributed by atoms with Crippen LogP contribution < -0.4 is 0 Å². The van der Waals surface area contributed by atoms with Gasteiger partial charge < -0.3 is 14.4 Å². The molecular formula is C45H89O8P. The number of esters is 2. The maximum atomic E-state index is 12.6. The number of rotatable bonds is 42. The van der Waals surface area contributed by atoms with Crippen molar-refractivity contribution in [2.75, 3.05) is 19.8 Å². The van der Waals surface area contributed by atoms with Crippen molar-refractivity contribution in [2.45, 2.75) is 246 Å². The van der Waals surface area contributed by atoms with E-state index < -0.39 is 19.9 Å². The normalized spacial score (nSPS) is 14.4. The lowest BCUT2D eigenvalue weighted by atomic mass is 9.96. The summed E-state index contributed by atoms with van der Waals surface area (Å²) in [6, 6.07) is 0. The molecular weight excluding hydrogens is 699 g/mol. The largest absolute Gasteiger partial charge is 0.472 e. The Morgan fingerprint density at radius 2 is 0.833 bits per heavy atom. The van der Waals surface area contributed by atoms with Crippen molar-refractivity contribution in [3.63, 3.8) is 0 Å². The summed E-state index contributed by atoms with van der Waals surface area (Å²) in [4.78, 5) is 34.9. The van der Waals surface area contributed by atoms with Gasteiger partial charge in [0, 0.05) is 12.8 Å². The standard InChI is InChI=1S/C45H89O8P/c1-6-9-11-13-15-21-27-33-41(4)35-29-23-17-19-25-31-37-44(46)50-39-43(40-52-54(48,49)51-8-3)53-45(47)38-32-26-20-18-24-30-36-42(5)34-28-22-16-14-12-10-7-2/h41-43H,6-40H2,1-5H3,(H,48,49)/t41?,42?,43-/m1/s1. The molecule has 0 fully saturated rings. The molecule has 0 amide bonds. The van der Waals surface area contributed by atoms with E-state index in [0.717, 1.165) is 50.4 Å². The minimum atomic E-state index is -4.28. The van der Waals surface area contributed by atoms with Gasteiger partial charge in [-0.05, 0) is 31.6 Å².